The number of amides is 1. The van der Waals surface area contributed by atoms with Gasteiger partial charge < -0.3 is 9.47 Å². The van der Waals surface area contributed by atoms with Gasteiger partial charge in [0.25, 0.3) is 5.91 Å². The molecule has 1 fully saturated rings. The van der Waals surface area contributed by atoms with Crippen LogP contribution in [0.2, 0.25) is 0 Å². The highest BCUT2D eigenvalue weighted by Gasteiger charge is 2.29. The molecule has 0 aliphatic carbocycles. The molecule has 2 heterocycles. The largest absolute Gasteiger partial charge is 0.339 e. The van der Waals surface area contributed by atoms with Crippen LogP contribution in [0.1, 0.15) is 50.9 Å². The molecule has 4 rings (SSSR count). The molecule has 1 aliphatic heterocycles. The molecule has 0 atom stereocenters. The van der Waals surface area contributed by atoms with Crippen LogP contribution in [0.15, 0.2) is 54.6 Å². The number of aromatic amines is 1. The summed E-state index contributed by atoms with van der Waals surface area (Å²) in [6.07, 6.45) is 1.63. The Labute approximate surface area is 174 Å². The summed E-state index contributed by atoms with van der Waals surface area (Å²) < 4.78 is 2.50. The van der Waals surface area contributed by atoms with E-state index in [1.165, 1.54) is 0 Å². The van der Waals surface area contributed by atoms with Crippen molar-refractivity contribution in [3.8, 4) is 0 Å². The average molecular weight is 407 g/mol. The standard InChI is InChI=1S/C22H22N4O2S/c1-25-20(23-24-22(25)29)16-11-13-26(14-12-16)21(28)18-10-6-5-9-17(18)19(27)15-7-3-2-4-8-15/h2-10,16H,11-14H2,1H3,(H,24,29). The van der Waals surface area contributed by atoms with E-state index in [1.54, 1.807) is 36.4 Å². The Balaban J connectivity index is 1.52. The second kappa shape index (κ2) is 8.13. The van der Waals surface area contributed by atoms with Crippen LogP contribution in [-0.4, -0.2) is 44.4 Å². The van der Waals surface area contributed by atoms with Crippen LogP contribution < -0.4 is 0 Å². The van der Waals surface area contributed by atoms with Crippen LogP contribution in [0.3, 0.4) is 0 Å². The predicted molar refractivity (Wildman–Crippen MR) is 113 cm³/mol. The Bertz CT molecular complexity index is 1100. The summed E-state index contributed by atoms with van der Waals surface area (Å²) in [5.74, 6) is 0.963. The summed E-state index contributed by atoms with van der Waals surface area (Å²) in [5, 5.41) is 7.16. The van der Waals surface area contributed by atoms with E-state index < -0.39 is 0 Å². The third-order valence-corrected chi connectivity index (χ3v) is 5.86. The molecule has 0 bridgehead atoms. The van der Waals surface area contributed by atoms with Gasteiger partial charge in [0.1, 0.15) is 5.82 Å². The molecule has 0 spiro atoms. The molecule has 6 nitrogen and oxygen atoms in total. The Morgan fingerprint density at radius 1 is 1.00 bits per heavy atom. The number of hydrogen-bond acceptors (Lipinski definition) is 4. The third kappa shape index (κ3) is 3.78. The molecule has 148 valence electrons. The SMILES string of the molecule is Cn1c(C2CCN(C(=O)c3ccccc3C(=O)c3ccccc3)CC2)n[nH]c1=S. The molecule has 1 saturated heterocycles. The molecule has 0 radical (unpaired) electrons. The lowest BCUT2D eigenvalue weighted by Crippen LogP contribution is -2.39. The van der Waals surface area contributed by atoms with Crippen molar-refractivity contribution in [1.82, 2.24) is 19.7 Å². The molecule has 0 saturated carbocycles. The van der Waals surface area contributed by atoms with Crippen LogP contribution in [-0.2, 0) is 7.05 Å². The maximum Gasteiger partial charge on any atom is 0.254 e. The molecule has 2 aromatic carbocycles. The number of likely N-dealkylation sites (tertiary alicyclic amines) is 1. The van der Waals surface area contributed by atoms with Gasteiger partial charge in [0, 0.05) is 37.2 Å². The zero-order valence-electron chi connectivity index (χ0n) is 16.2. The Hall–Kier alpha value is -3.06. The van der Waals surface area contributed by atoms with Gasteiger partial charge in [0.05, 0.1) is 5.56 Å². The maximum absolute atomic E-state index is 13.2. The van der Waals surface area contributed by atoms with Gasteiger partial charge in [-0.3, -0.25) is 14.7 Å². The highest BCUT2D eigenvalue weighted by Crippen LogP contribution is 2.28. The highest BCUT2D eigenvalue weighted by molar-refractivity contribution is 7.71. The molecule has 7 heteroatoms. The van der Waals surface area contributed by atoms with Gasteiger partial charge in [-0.05, 0) is 31.1 Å². The number of piperidine rings is 1. The van der Waals surface area contributed by atoms with E-state index in [2.05, 4.69) is 10.2 Å². The number of ketones is 1. The topological polar surface area (TPSA) is 71.0 Å². The molecule has 1 aromatic heterocycles. The molecule has 1 amide bonds. The number of H-pyrrole nitrogens is 1. The van der Waals surface area contributed by atoms with Gasteiger partial charge in [0.15, 0.2) is 10.6 Å². The van der Waals surface area contributed by atoms with E-state index in [-0.39, 0.29) is 17.6 Å². The number of carbonyl (C=O) groups excluding carboxylic acids is 2. The van der Waals surface area contributed by atoms with Crippen molar-refractivity contribution >= 4 is 23.9 Å². The van der Waals surface area contributed by atoms with Crippen LogP contribution in [0.5, 0.6) is 0 Å². The van der Waals surface area contributed by atoms with Gasteiger partial charge >= 0.3 is 0 Å². The lowest BCUT2D eigenvalue weighted by atomic mass is 9.94. The van der Waals surface area contributed by atoms with Gasteiger partial charge in [-0.2, -0.15) is 5.10 Å². The minimum Gasteiger partial charge on any atom is -0.339 e. The van der Waals surface area contributed by atoms with Crippen LogP contribution in [0, 0.1) is 4.77 Å². The second-order valence-electron chi connectivity index (χ2n) is 7.25. The number of rotatable bonds is 4. The van der Waals surface area contributed by atoms with Crippen molar-refractivity contribution in [2.45, 2.75) is 18.8 Å². The first-order chi connectivity index (χ1) is 14.1. The quantitative estimate of drug-likeness (QED) is 0.529. The van der Waals surface area contributed by atoms with E-state index in [0.717, 1.165) is 18.7 Å². The lowest BCUT2D eigenvalue weighted by molar-refractivity contribution is 0.0706. The Kier molecular flexibility index (Phi) is 5.40. The summed E-state index contributed by atoms with van der Waals surface area (Å²) in [7, 11) is 1.91. The summed E-state index contributed by atoms with van der Waals surface area (Å²) in [6.45, 7) is 1.24. The first kappa shape index (κ1) is 19.3. The minimum atomic E-state index is -0.133. The summed E-state index contributed by atoms with van der Waals surface area (Å²) in [4.78, 5) is 28.0. The smallest absolute Gasteiger partial charge is 0.254 e. The van der Waals surface area contributed by atoms with Crippen LogP contribution in [0.4, 0.5) is 0 Å². The Morgan fingerprint density at radius 2 is 1.62 bits per heavy atom. The van der Waals surface area contributed by atoms with Crippen molar-refractivity contribution in [2.75, 3.05) is 13.1 Å². The molecule has 1 N–H and O–H groups in total. The molecular formula is C22H22N4O2S. The molecule has 0 unspecified atom stereocenters. The molecule has 3 aromatic rings. The first-order valence-corrected chi connectivity index (χ1v) is 10.1. The number of hydrogen-bond donors (Lipinski definition) is 1. The van der Waals surface area contributed by atoms with E-state index in [4.69, 9.17) is 12.2 Å². The van der Waals surface area contributed by atoms with Gasteiger partial charge in [-0.25, -0.2) is 0 Å². The Morgan fingerprint density at radius 3 is 2.24 bits per heavy atom. The predicted octanol–water partition coefficient (Wildman–Crippen LogP) is 3.73. The minimum absolute atomic E-state index is 0.0984. The van der Waals surface area contributed by atoms with E-state index in [1.807, 2.05) is 34.7 Å². The number of benzene rings is 2. The average Bonchev–Trinajstić information content (AvgIpc) is 3.12. The van der Waals surface area contributed by atoms with Crippen molar-refractivity contribution in [1.29, 1.82) is 0 Å². The van der Waals surface area contributed by atoms with Crippen molar-refractivity contribution < 1.29 is 9.59 Å². The summed E-state index contributed by atoms with van der Waals surface area (Å²) in [5.41, 5.74) is 1.48. The van der Waals surface area contributed by atoms with Crippen molar-refractivity contribution in [2.24, 2.45) is 7.05 Å². The van der Waals surface area contributed by atoms with Crippen molar-refractivity contribution in [3.05, 3.63) is 81.9 Å². The first-order valence-electron chi connectivity index (χ1n) is 9.65. The number of nitrogens with zero attached hydrogens (tertiary/aromatic N) is 3. The fourth-order valence-electron chi connectivity index (χ4n) is 3.85. The maximum atomic E-state index is 13.2. The molecular weight excluding hydrogens is 384 g/mol. The van der Waals surface area contributed by atoms with E-state index in [0.29, 0.717) is 34.6 Å². The van der Waals surface area contributed by atoms with Crippen molar-refractivity contribution in [3.63, 3.8) is 0 Å². The van der Waals surface area contributed by atoms with Gasteiger partial charge in [0.2, 0.25) is 0 Å². The number of nitrogens with one attached hydrogen (secondary N) is 1. The fourth-order valence-corrected chi connectivity index (χ4v) is 3.99. The number of aromatic nitrogens is 3. The van der Waals surface area contributed by atoms with E-state index in [9.17, 15) is 9.59 Å². The monoisotopic (exact) mass is 406 g/mol. The zero-order valence-corrected chi connectivity index (χ0v) is 17.0. The zero-order chi connectivity index (χ0) is 20.4. The summed E-state index contributed by atoms with van der Waals surface area (Å²) >= 11 is 5.20. The second-order valence-corrected chi connectivity index (χ2v) is 7.64. The van der Waals surface area contributed by atoms with E-state index >= 15 is 0 Å². The van der Waals surface area contributed by atoms with Crippen LogP contribution in [0.25, 0.3) is 0 Å². The lowest BCUT2D eigenvalue weighted by Gasteiger charge is -2.32. The highest BCUT2D eigenvalue weighted by atomic mass is 32.1. The molecule has 1 aliphatic rings. The van der Waals surface area contributed by atoms with Gasteiger partial charge in [-0.15, -0.1) is 0 Å². The normalized spacial score (nSPS) is 14.7. The van der Waals surface area contributed by atoms with Crippen LogP contribution >= 0.6 is 12.2 Å². The summed E-state index contributed by atoms with van der Waals surface area (Å²) in [6, 6.07) is 16.1. The fraction of sp³-hybridized carbons (Fsp3) is 0.273. The number of carbonyl (C=O) groups is 2. The third-order valence-electron chi connectivity index (χ3n) is 5.50. The molecule has 29 heavy (non-hydrogen) atoms. The van der Waals surface area contributed by atoms with Gasteiger partial charge in [-0.1, -0.05) is 48.5 Å².